The number of hydrogen-bond donors (Lipinski definition) is 2. The number of piperidine rings is 1. The minimum Gasteiger partial charge on any atom is -0.503 e. The molecule has 1 aromatic heterocycles. The van der Waals surface area contributed by atoms with E-state index in [1.165, 1.54) is 4.68 Å². The summed E-state index contributed by atoms with van der Waals surface area (Å²) in [7, 11) is 0. The number of aromatic hydroxyl groups is 1. The summed E-state index contributed by atoms with van der Waals surface area (Å²) in [6.07, 6.45) is 2.22. The van der Waals surface area contributed by atoms with Crippen molar-refractivity contribution in [3.05, 3.63) is 52.3 Å². The van der Waals surface area contributed by atoms with Crippen molar-refractivity contribution in [1.82, 2.24) is 9.78 Å². The molecule has 2 N–H and O–H groups in total. The molecule has 0 aliphatic carbocycles. The number of rotatable bonds is 2. The fourth-order valence-electron chi connectivity index (χ4n) is 3.58. The first-order chi connectivity index (χ1) is 12.8. The number of halogens is 2. The second kappa shape index (κ2) is 6.11. The van der Waals surface area contributed by atoms with E-state index in [9.17, 15) is 18.7 Å². The minimum absolute atomic E-state index is 0.148. The van der Waals surface area contributed by atoms with Crippen LogP contribution in [0.5, 0.6) is 5.75 Å². The summed E-state index contributed by atoms with van der Waals surface area (Å²) in [6, 6.07) is 8.21. The Kier molecular flexibility index (Phi) is 3.98. The monoisotopic (exact) mass is 373 g/mol. The standard InChI is InChI=1S/C20H21F2N3O2/c1-20(2)7-9-24(10-8-20)12-3-5-13(6-4-12)25-17-14(19(27)23-25)11-15(21)18(26)16(17)22/h3-6,11,26H,7-10H2,1-2H3,(H,23,27). The molecular formula is C20H21F2N3O2. The molecule has 5 nitrogen and oxygen atoms in total. The molecule has 1 aliphatic heterocycles. The van der Waals surface area contributed by atoms with E-state index in [1.54, 1.807) is 12.1 Å². The molecule has 0 radical (unpaired) electrons. The lowest BCUT2D eigenvalue weighted by molar-refractivity contribution is 0.280. The Morgan fingerprint density at radius 3 is 2.30 bits per heavy atom. The lowest BCUT2D eigenvalue weighted by Crippen LogP contribution is -2.37. The lowest BCUT2D eigenvalue weighted by Gasteiger charge is -2.38. The molecule has 2 heterocycles. The highest BCUT2D eigenvalue weighted by atomic mass is 19.1. The summed E-state index contributed by atoms with van der Waals surface area (Å²) in [5.74, 6) is -3.42. The zero-order chi connectivity index (χ0) is 19.3. The van der Waals surface area contributed by atoms with E-state index in [0.29, 0.717) is 11.1 Å². The van der Waals surface area contributed by atoms with Crippen molar-refractivity contribution < 1.29 is 13.9 Å². The van der Waals surface area contributed by atoms with Crippen LogP contribution in [0.25, 0.3) is 16.6 Å². The van der Waals surface area contributed by atoms with Gasteiger partial charge in [0, 0.05) is 18.8 Å². The summed E-state index contributed by atoms with van der Waals surface area (Å²) in [5, 5.41) is 11.9. The van der Waals surface area contributed by atoms with E-state index in [2.05, 4.69) is 23.8 Å². The molecule has 0 spiro atoms. The van der Waals surface area contributed by atoms with Crippen LogP contribution in [0, 0.1) is 17.0 Å². The average molecular weight is 373 g/mol. The van der Waals surface area contributed by atoms with Crippen LogP contribution < -0.4 is 10.5 Å². The van der Waals surface area contributed by atoms with E-state index in [0.717, 1.165) is 37.7 Å². The summed E-state index contributed by atoms with van der Waals surface area (Å²) in [6.45, 7) is 6.48. The maximum atomic E-state index is 14.4. The van der Waals surface area contributed by atoms with Gasteiger partial charge in [-0.3, -0.25) is 9.89 Å². The van der Waals surface area contributed by atoms with Crippen LogP contribution in [0.2, 0.25) is 0 Å². The first kappa shape index (κ1) is 17.6. The van der Waals surface area contributed by atoms with Crippen molar-refractivity contribution in [2.24, 2.45) is 5.41 Å². The van der Waals surface area contributed by atoms with Crippen LogP contribution >= 0.6 is 0 Å². The molecule has 0 amide bonds. The number of nitrogens with one attached hydrogen (secondary N) is 1. The predicted octanol–water partition coefficient (Wildman–Crippen LogP) is 3.93. The van der Waals surface area contributed by atoms with Crippen LogP contribution in [0.4, 0.5) is 14.5 Å². The zero-order valence-electron chi connectivity index (χ0n) is 15.2. The number of nitrogens with zero attached hydrogens (tertiary/aromatic N) is 2. The van der Waals surface area contributed by atoms with Crippen molar-refractivity contribution >= 4 is 16.6 Å². The van der Waals surface area contributed by atoms with Gasteiger partial charge in [0.2, 0.25) is 0 Å². The minimum atomic E-state index is -1.16. The number of phenolic OH excluding ortho intramolecular Hbond substituents is 1. The molecule has 1 fully saturated rings. The lowest BCUT2D eigenvalue weighted by atomic mass is 9.82. The second-order valence-corrected chi connectivity index (χ2v) is 7.86. The summed E-state index contributed by atoms with van der Waals surface area (Å²) >= 11 is 0. The smallest absolute Gasteiger partial charge is 0.272 e. The second-order valence-electron chi connectivity index (χ2n) is 7.86. The molecule has 7 heteroatoms. The van der Waals surface area contributed by atoms with Crippen LogP contribution in [0.3, 0.4) is 0 Å². The average Bonchev–Trinajstić information content (AvgIpc) is 2.97. The Bertz CT molecular complexity index is 1060. The number of benzene rings is 2. The molecule has 27 heavy (non-hydrogen) atoms. The summed E-state index contributed by atoms with van der Waals surface area (Å²) in [5.41, 5.74) is 1.14. The van der Waals surface area contributed by atoms with Crippen LogP contribution in [-0.4, -0.2) is 28.0 Å². The Balaban J connectivity index is 1.71. The number of anilines is 1. The van der Waals surface area contributed by atoms with Crippen LogP contribution in [0.1, 0.15) is 26.7 Å². The first-order valence-electron chi connectivity index (χ1n) is 8.94. The molecule has 0 atom stereocenters. The van der Waals surface area contributed by atoms with Gasteiger partial charge in [-0.05, 0) is 48.6 Å². The van der Waals surface area contributed by atoms with Gasteiger partial charge in [0.05, 0.1) is 11.1 Å². The summed E-state index contributed by atoms with van der Waals surface area (Å²) in [4.78, 5) is 14.4. The molecule has 142 valence electrons. The van der Waals surface area contributed by atoms with E-state index < -0.39 is 22.9 Å². The Labute approximate surface area is 154 Å². The molecule has 0 saturated carbocycles. The Morgan fingerprint density at radius 2 is 1.67 bits per heavy atom. The third kappa shape index (κ3) is 2.97. The number of phenols is 1. The fraction of sp³-hybridized carbons (Fsp3) is 0.350. The number of hydrogen-bond acceptors (Lipinski definition) is 3. The number of fused-ring (bicyclic) bond motifs is 1. The van der Waals surface area contributed by atoms with E-state index in [4.69, 9.17) is 0 Å². The molecular weight excluding hydrogens is 352 g/mol. The highest BCUT2D eigenvalue weighted by molar-refractivity contribution is 5.82. The van der Waals surface area contributed by atoms with Gasteiger partial charge in [0.15, 0.2) is 17.4 Å². The topological polar surface area (TPSA) is 61.3 Å². The van der Waals surface area contributed by atoms with Crippen molar-refractivity contribution in [2.75, 3.05) is 18.0 Å². The van der Waals surface area contributed by atoms with Gasteiger partial charge in [0.25, 0.3) is 5.56 Å². The number of H-pyrrole nitrogens is 1. The number of aromatic amines is 1. The number of aromatic nitrogens is 2. The largest absolute Gasteiger partial charge is 0.503 e. The summed E-state index contributed by atoms with van der Waals surface area (Å²) < 4.78 is 29.2. The van der Waals surface area contributed by atoms with Gasteiger partial charge in [-0.25, -0.2) is 13.5 Å². The molecule has 0 bridgehead atoms. The van der Waals surface area contributed by atoms with Gasteiger partial charge >= 0.3 is 0 Å². The Hall–Kier alpha value is -2.83. The highest BCUT2D eigenvalue weighted by Crippen LogP contribution is 2.33. The van der Waals surface area contributed by atoms with Gasteiger partial charge in [-0.2, -0.15) is 0 Å². The van der Waals surface area contributed by atoms with E-state index >= 15 is 0 Å². The van der Waals surface area contributed by atoms with Gasteiger partial charge in [-0.1, -0.05) is 13.8 Å². The van der Waals surface area contributed by atoms with Crippen molar-refractivity contribution in [2.45, 2.75) is 26.7 Å². The van der Waals surface area contributed by atoms with Gasteiger partial charge in [0.1, 0.15) is 5.52 Å². The third-order valence-corrected chi connectivity index (χ3v) is 5.44. The van der Waals surface area contributed by atoms with Crippen LogP contribution in [-0.2, 0) is 0 Å². The van der Waals surface area contributed by atoms with Crippen molar-refractivity contribution in [3.8, 4) is 11.4 Å². The molecule has 3 aromatic rings. The Morgan fingerprint density at radius 1 is 1.07 bits per heavy atom. The van der Waals surface area contributed by atoms with Gasteiger partial charge < -0.3 is 10.0 Å². The molecule has 1 aliphatic rings. The first-order valence-corrected chi connectivity index (χ1v) is 8.94. The quantitative estimate of drug-likeness (QED) is 0.716. The van der Waals surface area contributed by atoms with Gasteiger partial charge in [-0.15, -0.1) is 0 Å². The third-order valence-electron chi connectivity index (χ3n) is 5.44. The predicted molar refractivity (Wildman–Crippen MR) is 101 cm³/mol. The molecule has 4 rings (SSSR count). The van der Waals surface area contributed by atoms with Crippen molar-refractivity contribution in [3.63, 3.8) is 0 Å². The maximum Gasteiger partial charge on any atom is 0.272 e. The maximum absolute atomic E-state index is 14.4. The highest BCUT2D eigenvalue weighted by Gasteiger charge is 2.25. The molecule has 2 aromatic carbocycles. The fourth-order valence-corrected chi connectivity index (χ4v) is 3.58. The zero-order valence-corrected chi connectivity index (χ0v) is 15.2. The molecule has 1 saturated heterocycles. The SMILES string of the molecule is CC1(C)CCN(c2ccc(-n3[nH]c(=O)c4cc(F)c(O)c(F)c43)cc2)CC1. The van der Waals surface area contributed by atoms with E-state index in [-0.39, 0.29) is 10.9 Å². The normalized spacial score (nSPS) is 16.8. The molecule has 0 unspecified atom stereocenters. The van der Waals surface area contributed by atoms with E-state index in [1.807, 2.05) is 12.1 Å². The van der Waals surface area contributed by atoms with Crippen molar-refractivity contribution in [1.29, 1.82) is 0 Å². The van der Waals surface area contributed by atoms with Crippen LogP contribution in [0.15, 0.2) is 35.1 Å².